The average molecular weight is 308 g/mol. The fourth-order valence-electron chi connectivity index (χ4n) is 5.18. The Hall–Kier alpha value is -0.120. The average Bonchev–Trinajstić information content (AvgIpc) is 2.55. The normalized spacial score (nSPS) is 39.0. The minimum atomic E-state index is 0.788. The molecule has 3 heteroatoms. The first-order valence-electron chi connectivity index (χ1n) is 9.96. The Kier molecular flexibility index (Phi) is 6.17. The molecule has 3 saturated heterocycles. The molecule has 3 fully saturated rings. The van der Waals surface area contributed by atoms with E-state index in [1.807, 2.05) is 0 Å². The van der Waals surface area contributed by atoms with Gasteiger partial charge in [-0.3, -0.25) is 4.90 Å². The minimum absolute atomic E-state index is 0.788. The van der Waals surface area contributed by atoms with Crippen LogP contribution in [-0.4, -0.2) is 61.2 Å². The number of likely N-dealkylation sites (tertiary alicyclic amines) is 2. The first-order valence-corrected chi connectivity index (χ1v) is 9.96. The van der Waals surface area contributed by atoms with E-state index in [-0.39, 0.29) is 0 Å². The fraction of sp³-hybridized carbons (Fsp3) is 1.00. The summed E-state index contributed by atoms with van der Waals surface area (Å²) in [5.74, 6) is 1.80. The van der Waals surface area contributed by atoms with Crippen LogP contribution in [0.15, 0.2) is 0 Å². The standard InChI is InChI=1S/C19H37N3/c1-3-18-8-4-5-12-22(18)19-13-20-10-9-17(19)15-21-11-6-7-16(2)14-21/h16-20H,3-15H2,1-2H3. The molecule has 0 aromatic heterocycles. The largest absolute Gasteiger partial charge is 0.315 e. The highest BCUT2D eigenvalue weighted by molar-refractivity contribution is 4.92. The zero-order chi connectivity index (χ0) is 15.4. The Balaban J connectivity index is 1.62. The SMILES string of the molecule is CCC1CCCCN1C1CNCCC1CN1CCCC(C)C1. The van der Waals surface area contributed by atoms with E-state index in [9.17, 15) is 0 Å². The molecular weight excluding hydrogens is 270 g/mol. The van der Waals surface area contributed by atoms with Crippen molar-refractivity contribution in [2.75, 3.05) is 39.3 Å². The van der Waals surface area contributed by atoms with Gasteiger partial charge in [0.25, 0.3) is 0 Å². The molecule has 0 spiro atoms. The van der Waals surface area contributed by atoms with Gasteiger partial charge in [0.15, 0.2) is 0 Å². The van der Waals surface area contributed by atoms with Gasteiger partial charge >= 0.3 is 0 Å². The summed E-state index contributed by atoms with van der Waals surface area (Å²) in [7, 11) is 0. The fourth-order valence-corrected chi connectivity index (χ4v) is 5.18. The molecule has 0 radical (unpaired) electrons. The van der Waals surface area contributed by atoms with E-state index < -0.39 is 0 Å². The maximum atomic E-state index is 3.69. The molecule has 22 heavy (non-hydrogen) atoms. The number of nitrogens with zero attached hydrogens (tertiary/aromatic N) is 2. The molecule has 1 N–H and O–H groups in total. The van der Waals surface area contributed by atoms with Crippen LogP contribution in [-0.2, 0) is 0 Å². The van der Waals surface area contributed by atoms with Crippen molar-refractivity contribution in [1.82, 2.24) is 15.1 Å². The highest BCUT2D eigenvalue weighted by Crippen LogP contribution is 2.29. The van der Waals surface area contributed by atoms with Gasteiger partial charge in [0.2, 0.25) is 0 Å². The Morgan fingerprint density at radius 3 is 2.77 bits per heavy atom. The van der Waals surface area contributed by atoms with Crippen LogP contribution in [0.4, 0.5) is 0 Å². The van der Waals surface area contributed by atoms with Crippen LogP contribution in [0.3, 0.4) is 0 Å². The predicted molar refractivity (Wildman–Crippen MR) is 94.2 cm³/mol. The van der Waals surface area contributed by atoms with Gasteiger partial charge in [-0.05, 0) is 70.0 Å². The number of nitrogens with one attached hydrogen (secondary N) is 1. The first kappa shape index (κ1) is 16.7. The molecule has 3 nitrogen and oxygen atoms in total. The molecule has 0 aliphatic carbocycles. The molecule has 0 bridgehead atoms. The highest BCUT2D eigenvalue weighted by atomic mass is 15.2. The Labute approximate surface area is 137 Å². The van der Waals surface area contributed by atoms with Gasteiger partial charge in [0.1, 0.15) is 0 Å². The van der Waals surface area contributed by atoms with E-state index in [0.717, 1.165) is 23.9 Å². The lowest BCUT2D eigenvalue weighted by Gasteiger charge is -2.47. The van der Waals surface area contributed by atoms with Crippen molar-refractivity contribution in [2.24, 2.45) is 11.8 Å². The number of hydrogen-bond acceptors (Lipinski definition) is 3. The third kappa shape index (κ3) is 4.04. The van der Waals surface area contributed by atoms with E-state index in [4.69, 9.17) is 0 Å². The summed E-state index contributed by atoms with van der Waals surface area (Å²) in [4.78, 5) is 5.68. The van der Waals surface area contributed by atoms with Gasteiger partial charge in [0, 0.05) is 31.7 Å². The second-order valence-corrected chi connectivity index (χ2v) is 8.12. The van der Waals surface area contributed by atoms with Crippen molar-refractivity contribution in [2.45, 2.75) is 70.9 Å². The topological polar surface area (TPSA) is 18.5 Å². The van der Waals surface area contributed by atoms with E-state index in [1.165, 1.54) is 84.2 Å². The molecule has 3 aliphatic rings. The van der Waals surface area contributed by atoms with Gasteiger partial charge in [-0.15, -0.1) is 0 Å². The molecule has 3 aliphatic heterocycles. The van der Waals surface area contributed by atoms with Gasteiger partial charge < -0.3 is 10.2 Å². The van der Waals surface area contributed by atoms with E-state index in [0.29, 0.717) is 0 Å². The predicted octanol–water partition coefficient (Wildman–Crippen LogP) is 2.96. The van der Waals surface area contributed by atoms with Gasteiger partial charge in [-0.2, -0.15) is 0 Å². The van der Waals surface area contributed by atoms with Gasteiger partial charge in [-0.1, -0.05) is 20.3 Å². The third-order valence-electron chi connectivity index (χ3n) is 6.39. The second kappa shape index (κ2) is 8.12. The lowest BCUT2D eigenvalue weighted by Crippen LogP contribution is -2.58. The maximum Gasteiger partial charge on any atom is 0.0264 e. The molecule has 4 atom stereocenters. The number of rotatable bonds is 4. The summed E-state index contributed by atoms with van der Waals surface area (Å²) in [6.07, 6.45) is 9.87. The van der Waals surface area contributed by atoms with E-state index in [1.54, 1.807) is 0 Å². The molecule has 128 valence electrons. The van der Waals surface area contributed by atoms with Crippen molar-refractivity contribution in [1.29, 1.82) is 0 Å². The second-order valence-electron chi connectivity index (χ2n) is 8.12. The molecule has 0 aromatic rings. The summed E-state index contributed by atoms with van der Waals surface area (Å²) in [5.41, 5.74) is 0. The molecule has 3 rings (SSSR count). The van der Waals surface area contributed by atoms with E-state index in [2.05, 4.69) is 29.0 Å². The monoisotopic (exact) mass is 307 g/mol. The van der Waals surface area contributed by atoms with Crippen molar-refractivity contribution < 1.29 is 0 Å². The quantitative estimate of drug-likeness (QED) is 0.861. The lowest BCUT2D eigenvalue weighted by molar-refractivity contribution is 0.0257. The Morgan fingerprint density at radius 2 is 1.95 bits per heavy atom. The lowest BCUT2D eigenvalue weighted by atomic mass is 9.86. The van der Waals surface area contributed by atoms with Gasteiger partial charge in [-0.25, -0.2) is 0 Å². The van der Waals surface area contributed by atoms with Crippen LogP contribution in [0, 0.1) is 11.8 Å². The Morgan fingerprint density at radius 1 is 1.05 bits per heavy atom. The number of hydrogen-bond donors (Lipinski definition) is 1. The highest BCUT2D eigenvalue weighted by Gasteiger charge is 2.35. The molecule has 0 amide bonds. The summed E-state index contributed by atoms with van der Waals surface area (Å²) in [6.45, 7) is 12.7. The summed E-state index contributed by atoms with van der Waals surface area (Å²) in [6, 6.07) is 1.64. The molecule has 0 aromatic carbocycles. The van der Waals surface area contributed by atoms with Crippen LogP contribution in [0.1, 0.15) is 58.8 Å². The van der Waals surface area contributed by atoms with Crippen LogP contribution >= 0.6 is 0 Å². The van der Waals surface area contributed by atoms with Crippen molar-refractivity contribution in [3.8, 4) is 0 Å². The van der Waals surface area contributed by atoms with Crippen LogP contribution in [0.25, 0.3) is 0 Å². The Bertz CT molecular complexity index is 333. The van der Waals surface area contributed by atoms with Gasteiger partial charge in [0.05, 0.1) is 0 Å². The maximum absolute atomic E-state index is 3.69. The van der Waals surface area contributed by atoms with Crippen LogP contribution in [0.2, 0.25) is 0 Å². The van der Waals surface area contributed by atoms with Crippen LogP contribution in [0.5, 0.6) is 0 Å². The molecule has 3 heterocycles. The third-order valence-corrected chi connectivity index (χ3v) is 6.39. The summed E-state index contributed by atoms with van der Waals surface area (Å²) in [5, 5.41) is 3.69. The minimum Gasteiger partial charge on any atom is -0.315 e. The van der Waals surface area contributed by atoms with Crippen molar-refractivity contribution >= 4 is 0 Å². The summed E-state index contributed by atoms with van der Waals surface area (Å²) < 4.78 is 0. The molecule has 4 unspecified atom stereocenters. The molecular formula is C19H37N3. The molecule has 0 saturated carbocycles. The van der Waals surface area contributed by atoms with Crippen LogP contribution < -0.4 is 5.32 Å². The van der Waals surface area contributed by atoms with Crippen molar-refractivity contribution in [3.05, 3.63) is 0 Å². The number of piperidine rings is 3. The first-order chi connectivity index (χ1) is 10.8. The summed E-state index contributed by atoms with van der Waals surface area (Å²) >= 11 is 0. The smallest absolute Gasteiger partial charge is 0.0264 e. The zero-order valence-electron chi connectivity index (χ0n) is 14.9. The zero-order valence-corrected chi connectivity index (χ0v) is 14.9. The van der Waals surface area contributed by atoms with Crippen molar-refractivity contribution in [3.63, 3.8) is 0 Å². The van der Waals surface area contributed by atoms with E-state index >= 15 is 0 Å².